The van der Waals surface area contributed by atoms with Crippen molar-refractivity contribution in [1.82, 2.24) is 0 Å². The first-order valence-corrected chi connectivity index (χ1v) is 15.4. The lowest BCUT2D eigenvalue weighted by Gasteiger charge is -2.07. The number of benzene rings is 7. The second-order valence-corrected chi connectivity index (χ2v) is 11.1. The summed E-state index contributed by atoms with van der Waals surface area (Å²) in [5, 5.41) is 0. The second-order valence-electron chi connectivity index (χ2n) is 11.1. The summed E-state index contributed by atoms with van der Waals surface area (Å²) >= 11 is 0. The quantitative estimate of drug-likeness (QED) is 0.181. The summed E-state index contributed by atoms with van der Waals surface area (Å²) in [6.45, 7) is 0. The van der Waals surface area contributed by atoms with Crippen LogP contribution in [0.15, 0.2) is 182 Å². The lowest BCUT2D eigenvalue weighted by Crippen LogP contribution is -1.84. The van der Waals surface area contributed by atoms with Crippen LogP contribution in [0.3, 0.4) is 0 Å². The third-order valence-electron chi connectivity index (χ3n) is 7.94. The first-order valence-electron chi connectivity index (χ1n) is 15.4. The van der Waals surface area contributed by atoms with E-state index in [-0.39, 0.29) is 0 Å². The van der Waals surface area contributed by atoms with Crippen LogP contribution >= 0.6 is 0 Å². The van der Waals surface area contributed by atoms with Crippen LogP contribution in [0.2, 0.25) is 0 Å². The first-order chi connectivity index (χ1) is 22.8. The SMILES string of the molecule is C(#Cc1cccc(-c2cccc(-c3cccc(C#Cc4ccc(-c5ccccc5)cc4)c3)c2)c1)c1ccc(-c2ccccc2)cc1. The average Bonchev–Trinajstić information content (AvgIpc) is 3.14. The number of hydrogen-bond acceptors (Lipinski definition) is 0. The fraction of sp³-hybridized carbons (Fsp3) is 0. The van der Waals surface area contributed by atoms with E-state index in [1.165, 1.54) is 22.3 Å². The molecule has 214 valence electrons. The van der Waals surface area contributed by atoms with Gasteiger partial charge in [-0.3, -0.25) is 0 Å². The summed E-state index contributed by atoms with van der Waals surface area (Å²) in [6.07, 6.45) is 0. The van der Waals surface area contributed by atoms with Gasteiger partial charge in [-0.15, -0.1) is 0 Å². The molecule has 0 saturated heterocycles. The summed E-state index contributed by atoms with van der Waals surface area (Å²) in [5.74, 6) is 13.4. The Morgan fingerprint density at radius 2 is 0.500 bits per heavy atom. The lowest BCUT2D eigenvalue weighted by molar-refractivity contribution is 1.56. The van der Waals surface area contributed by atoms with Gasteiger partial charge in [-0.1, -0.05) is 151 Å². The molecule has 0 radical (unpaired) electrons. The fourth-order valence-corrected chi connectivity index (χ4v) is 5.47. The average molecular weight is 583 g/mol. The van der Waals surface area contributed by atoms with E-state index >= 15 is 0 Å². The Kier molecular flexibility index (Phi) is 8.36. The lowest BCUT2D eigenvalue weighted by atomic mass is 9.97. The van der Waals surface area contributed by atoms with Gasteiger partial charge in [-0.05, 0) is 99.1 Å². The van der Waals surface area contributed by atoms with Crippen LogP contribution in [-0.2, 0) is 0 Å². The molecule has 0 aliphatic rings. The van der Waals surface area contributed by atoms with Crippen molar-refractivity contribution in [3.63, 3.8) is 0 Å². The van der Waals surface area contributed by atoms with Crippen molar-refractivity contribution in [2.45, 2.75) is 0 Å². The van der Waals surface area contributed by atoms with Crippen LogP contribution in [0.5, 0.6) is 0 Å². The van der Waals surface area contributed by atoms with Crippen molar-refractivity contribution >= 4 is 0 Å². The molecule has 0 fully saturated rings. The highest BCUT2D eigenvalue weighted by Gasteiger charge is 2.04. The van der Waals surface area contributed by atoms with E-state index < -0.39 is 0 Å². The predicted octanol–water partition coefficient (Wildman–Crippen LogP) is 11.2. The largest absolute Gasteiger partial charge is 0.0622 e. The minimum atomic E-state index is 0.990. The normalized spacial score (nSPS) is 10.3. The third kappa shape index (κ3) is 6.90. The molecule has 0 saturated carbocycles. The molecular formula is C46H30. The summed E-state index contributed by atoms with van der Waals surface area (Å²) < 4.78 is 0. The smallest absolute Gasteiger partial charge is 0.0255 e. The predicted molar refractivity (Wildman–Crippen MR) is 193 cm³/mol. The van der Waals surface area contributed by atoms with Gasteiger partial charge in [0.1, 0.15) is 0 Å². The monoisotopic (exact) mass is 582 g/mol. The topological polar surface area (TPSA) is 0 Å². The van der Waals surface area contributed by atoms with Gasteiger partial charge in [0.05, 0.1) is 0 Å². The number of rotatable bonds is 4. The van der Waals surface area contributed by atoms with E-state index in [1.54, 1.807) is 0 Å². The highest BCUT2D eigenvalue weighted by atomic mass is 14.1. The maximum absolute atomic E-state index is 3.36. The molecule has 7 aromatic rings. The van der Waals surface area contributed by atoms with Gasteiger partial charge in [0, 0.05) is 22.3 Å². The van der Waals surface area contributed by atoms with Gasteiger partial charge in [0.2, 0.25) is 0 Å². The molecule has 0 bridgehead atoms. The van der Waals surface area contributed by atoms with E-state index in [0.29, 0.717) is 0 Å². The van der Waals surface area contributed by atoms with Gasteiger partial charge in [0.15, 0.2) is 0 Å². The van der Waals surface area contributed by atoms with Crippen LogP contribution in [0.4, 0.5) is 0 Å². The molecule has 7 aromatic carbocycles. The minimum Gasteiger partial charge on any atom is -0.0622 e. The Balaban J connectivity index is 1.07. The highest BCUT2D eigenvalue weighted by molar-refractivity contribution is 5.75. The fourth-order valence-electron chi connectivity index (χ4n) is 5.47. The molecule has 0 aliphatic carbocycles. The Morgan fingerprint density at radius 1 is 0.196 bits per heavy atom. The van der Waals surface area contributed by atoms with E-state index in [1.807, 2.05) is 12.1 Å². The Labute approximate surface area is 271 Å². The zero-order chi connectivity index (χ0) is 31.0. The van der Waals surface area contributed by atoms with E-state index in [0.717, 1.165) is 44.5 Å². The molecule has 46 heavy (non-hydrogen) atoms. The van der Waals surface area contributed by atoms with Gasteiger partial charge in [-0.2, -0.15) is 0 Å². The maximum atomic E-state index is 3.36. The summed E-state index contributed by atoms with van der Waals surface area (Å²) in [7, 11) is 0. The zero-order valence-corrected chi connectivity index (χ0v) is 25.3. The minimum absolute atomic E-state index is 0.990. The van der Waals surface area contributed by atoms with Crippen molar-refractivity contribution in [2.24, 2.45) is 0 Å². The van der Waals surface area contributed by atoms with Crippen LogP contribution < -0.4 is 0 Å². The van der Waals surface area contributed by atoms with Crippen LogP contribution in [0, 0.1) is 23.7 Å². The van der Waals surface area contributed by atoms with Crippen molar-refractivity contribution < 1.29 is 0 Å². The molecular weight excluding hydrogens is 553 g/mol. The van der Waals surface area contributed by atoms with Gasteiger partial charge in [-0.25, -0.2) is 0 Å². The van der Waals surface area contributed by atoms with E-state index in [9.17, 15) is 0 Å². The molecule has 7 rings (SSSR count). The molecule has 0 amide bonds. The Hall–Kier alpha value is -6.34. The second kappa shape index (κ2) is 13.5. The molecule has 0 aliphatic heterocycles. The van der Waals surface area contributed by atoms with Crippen LogP contribution in [-0.4, -0.2) is 0 Å². The molecule has 0 spiro atoms. The standard InChI is InChI=1S/C46H30/c1-3-12-39(13-4-1)41-28-24-35(25-29-41)20-22-37-10-7-16-43(32-37)45-18-9-19-46(34-45)44-17-8-11-38(33-44)23-21-36-26-30-42(31-27-36)40-14-5-2-6-15-40/h1-19,24-34H. The molecule has 0 N–H and O–H groups in total. The van der Waals surface area contributed by atoms with Gasteiger partial charge < -0.3 is 0 Å². The molecule has 0 nitrogen and oxygen atoms in total. The molecule has 0 heterocycles. The molecule has 0 unspecified atom stereocenters. The molecule has 0 heteroatoms. The summed E-state index contributed by atoms with van der Waals surface area (Å²) in [6, 6.07) is 63.2. The molecule has 0 aromatic heterocycles. The van der Waals surface area contributed by atoms with Crippen molar-refractivity contribution in [1.29, 1.82) is 0 Å². The Morgan fingerprint density at radius 3 is 0.913 bits per heavy atom. The maximum Gasteiger partial charge on any atom is 0.0255 e. The van der Waals surface area contributed by atoms with Crippen LogP contribution in [0.1, 0.15) is 22.3 Å². The van der Waals surface area contributed by atoms with E-state index in [2.05, 4.69) is 194 Å². The van der Waals surface area contributed by atoms with Crippen LogP contribution in [0.25, 0.3) is 44.5 Å². The van der Waals surface area contributed by atoms with Gasteiger partial charge >= 0.3 is 0 Å². The van der Waals surface area contributed by atoms with Crippen molar-refractivity contribution in [2.75, 3.05) is 0 Å². The Bertz CT molecular complexity index is 2060. The van der Waals surface area contributed by atoms with E-state index in [4.69, 9.17) is 0 Å². The first kappa shape index (κ1) is 28.4. The summed E-state index contributed by atoms with van der Waals surface area (Å²) in [5.41, 5.74) is 13.4. The highest BCUT2D eigenvalue weighted by Crippen LogP contribution is 2.28. The summed E-state index contributed by atoms with van der Waals surface area (Å²) in [4.78, 5) is 0. The zero-order valence-electron chi connectivity index (χ0n) is 25.3. The van der Waals surface area contributed by atoms with Crippen molar-refractivity contribution in [3.05, 3.63) is 204 Å². The molecule has 0 atom stereocenters. The van der Waals surface area contributed by atoms with Gasteiger partial charge in [0.25, 0.3) is 0 Å². The number of hydrogen-bond donors (Lipinski definition) is 0. The third-order valence-corrected chi connectivity index (χ3v) is 7.94. The van der Waals surface area contributed by atoms with Crippen molar-refractivity contribution in [3.8, 4) is 68.2 Å².